The van der Waals surface area contributed by atoms with Crippen molar-refractivity contribution in [3.8, 4) is 0 Å². The molecule has 2 aromatic heterocycles. The Balaban J connectivity index is 0.000000129. The maximum Gasteiger partial charge on any atom is 0.450 e. The molecule has 0 bridgehead atoms. The van der Waals surface area contributed by atoms with E-state index in [1.165, 1.54) is 98.9 Å². The van der Waals surface area contributed by atoms with Gasteiger partial charge in [-0.2, -0.15) is 39.5 Å². The normalized spacial score (nSPS) is 17.2. The first-order valence-corrected chi connectivity index (χ1v) is 28.6. The van der Waals surface area contributed by atoms with Crippen LogP contribution >= 0.6 is 0 Å². The van der Waals surface area contributed by atoms with Crippen LogP contribution in [0.3, 0.4) is 0 Å². The smallest absolute Gasteiger partial charge is 0.398 e. The maximum atomic E-state index is 13.4. The van der Waals surface area contributed by atoms with Crippen LogP contribution in [0.2, 0.25) is 0 Å². The number of benzene rings is 4. The average molecular weight is 1160 g/mol. The molecule has 0 fully saturated rings. The molecule has 20 heteroatoms. The number of hydrogen-bond acceptors (Lipinski definition) is 9. The molecule has 446 valence electrons. The molecule has 0 aliphatic carbocycles. The van der Waals surface area contributed by atoms with Crippen LogP contribution in [0.1, 0.15) is 128 Å². The lowest BCUT2D eigenvalue weighted by Crippen LogP contribution is -2.35. The first kappa shape index (κ1) is 60.6. The number of nitrogen functional groups attached to an aromatic ring is 1. The van der Waals surface area contributed by atoms with Crippen LogP contribution in [-0.4, -0.2) is 79.7 Å². The molecule has 0 saturated heterocycles. The zero-order chi connectivity index (χ0) is 58.4. The molecule has 6 aromatic rings. The zero-order valence-electron chi connectivity index (χ0n) is 46.2. The number of para-hydroxylation sites is 1. The third kappa shape index (κ3) is 12.6. The molecule has 8 aliphatic rings. The number of halogens is 9. The number of alkyl halides is 9. The van der Waals surface area contributed by atoms with Crippen LogP contribution < -0.4 is 36.5 Å². The van der Waals surface area contributed by atoms with Gasteiger partial charge in [0.15, 0.2) is 0 Å². The number of anilines is 5. The molecule has 3 N–H and O–H groups in total. The number of hydrogen-bond donors (Lipinski definition) is 2. The Morgan fingerprint density at radius 2 is 0.928 bits per heavy atom. The van der Waals surface area contributed by atoms with Crippen LogP contribution in [0.4, 0.5) is 68.0 Å². The van der Waals surface area contributed by atoms with Crippen molar-refractivity contribution in [1.29, 1.82) is 0 Å². The van der Waals surface area contributed by atoms with Gasteiger partial charge in [-0.3, -0.25) is 19.2 Å². The van der Waals surface area contributed by atoms with Crippen LogP contribution in [-0.2, 0) is 80.4 Å². The highest BCUT2D eigenvalue weighted by Gasteiger charge is 2.40. The number of H-pyrrole nitrogens is 1. The molecule has 4 aromatic carbocycles. The summed E-state index contributed by atoms with van der Waals surface area (Å²) in [6.45, 7) is 9.71. The van der Waals surface area contributed by atoms with Crippen LogP contribution in [0.5, 0.6) is 0 Å². The van der Waals surface area contributed by atoms with Gasteiger partial charge >= 0.3 is 18.5 Å². The predicted octanol–water partition coefficient (Wildman–Crippen LogP) is 12.6. The van der Waals surface area contributed by atoms with Gasteiger partial charge in [0, 0.05) is 116 Å². The maximum absolute atomic E-state index is 13.4. The third-order valence-corrected chi connectivity index (χ3v) is 17.1. The number of aromatic nitrogens is 2. The van der Waals surface area contributed by atoms with Crippen LogP contribution in [0.15, 0.2) is 64.2 Å². The lowest BCUT2D eigenvalue weighted by atomic mass is 9.88. The van der Waals surface area contributed by atoms with E-state index < -0.39 is 58.8 Å². The number of nitrogens with two attached hydrogens (primary N) is 1. The van der Waals surface area contributed by atoms with Gasteiger partial charge < -0.3 is 34.9 Å². The minimum atomic E-state index is -4.87. The first-order valence-electron chi connectivity index (χ1n) is 28.6. The zero-order valence-corrected chi connectivity index (χ0v) is 46.2. The second-order valence-electron chi connectivity index (χ2n) is 22.7. The number of nitrogens with one attached hydrogen (secondary N) is 1. The van der Waals surface area contributed by atoms with E-state index in [1.54, 1.807) is 36.0 Å². The Bertz CT molecular complexity index is 3530. The van der Waals surface area contributed by atoms with E-state index in [0.29, 0.717) is 23.5 Å². The molecular weight excluding hydrogens is 1090 g/mol. The summed E-state index contributed by atoms with van der Waals surface area (Å²) < 4.78 is 115. The van der Waals surface area contributed by atoms with E-state index in [1.807, 2.05) is 0 Å². The van der Waals surface area contributed by atoms with E-state index in [2.05, 4.69) is 54.9 Å². The van der Waals surface area contributed by atoms with Crippen molar-refractivity contribution in [2.45, 2.75) is 142 Å². The molecule has 0 unspecified atom stereocenters. The van der Waals surface area contributed by atoms with Crippen molar-refractivity contribution in [2.75, 3.05) is 77.7 Å². The summed E-state index contributed by atoms with van der Waals surface area (Å²) in [5.74, 6) is -2.76. The van der Waals surface area contributed by atoms with Crippen molar-refractivity contribution < 1.29 is 49.1 Å². The summed E-state index contributed by atoms with van der Waals surface area (Å²) in [6, 6.07) is 15.8. The molecule has 8 aliphatic heterocycles. The first-order chi connectivity index (χ1) is 39.0. The van der Waals surface area contributed by atoms with E-state index in [4.69, 9.17) is 5.73 Å². The molecule has 10 heterocycles. The summed E-state index contributed by atoms with van der Waals surface area (Å²) in [5.41, 5.74) is 20.0. The number of Topliss-reactive ketones (excluding diaryl/α,β-unsaturated/α-hetero) is 2. The molecule has 11 nitrogen and oxygen atoms in total. The number of ketones is 2. The molecular formula is C63H72F9N7O4. The monoisotopic (exact) mass is 1160 g/mol. The fourth-order valence-corrected chi connectivity index (χ4v) is 13.7. The summed E-state index contributed by atoms with van der Waals surface area (Å²) in [7, 11) is 1.56. The van der Waals surface area contributed by atoms with Crippen LogP contribution in [0.25, 0.3) is 21.8 Å². The summed E-state index contributed by atoms with van der Waals surface area (Å²) in [5, 5.41) is 0.293. The average Bonchev–Trinajstić information content (AvgIpc) is 1.67. The second-order valence-corrected chi connectivity index (χ2v) is 22.7. The van der Waals surface area contributed by atoms with Gasteiger partial charge in [0.1, 0.15) is 5.78 Å². The van der Waals surface area contributed by atoms with Crippen molar-refractivity contribution >= 4 is 61.8 Å². The molecule has 0 radical (unpaired) electrons. The summed E-state index contributed by atoms with van der Waals surface area (Å²) in [6.07, 6.45) is 2.07. The van der Waals surface area contributed by atoms with Gasteiger partial charge in [0.2, 0.25) is 11.3 Å². The minimum absolute atomic E-state index is 0. The topological polar surface area (TPSA) is 128 Å². The lowest BCUT2D eigenvalue weighted by Gasteiger charge is -2.38. The fourth-order valence-electron chi connectivity index (χ4n) is 13.7. The number of fused-ring (bicyclic) bond motifs is 4. The molecule has 0 atom stereocenters. The van der Waals surface area contributed by atoms with Crippen LogP contribution in [0, 0.1) is 0 Å². The highest BCUT2D eigenvalue weighted by Crippen LogP contribution is 2.45. The number of pyridine rings is 2. The predicted molar refractivity (Wildman–Crippen MR) is 310 cm³/mol. The third-order valence-electron chi connectivity index (χ3n) is 17.1. The molecule has 0 saturated carbocycles. The molecule has 0 amide bonds. The lowest BCUT2D eigenvalue weighted by molar-refractivity contribution is -0.171. The number of aryl methyl sites for hydroxylation is 8. The quantitative estimate of drug-likeness (QED) is 0.0989. The standard InChI is InChI=1S/C17H17F3N2O.C16H15F3N2O.C12H16N2.C12H15N.C5H5F3O2.CH4/c1-21-14(23)9-13(17(18,19)20)12-8-10-4-2-6-22-7-3-5-11(15(10)22)16(12)21;17-16(18,19)12-8-13(22)20-14-10-4-2-6-21-5-1-3-9(15(10)21)7-11(12)14;13-11-6-5-9-3-1-7-14-8-2-4-10(11)12(9)14;1-4-10-6-2-8-13-9-3-7-11(5-1)12(10)13;1-3(9)2-4(10)5(6,7)8;/h8-9H,2-7H2,1H3;7-8H,1-6H2,(H,20,22);5-6H,1-4,7-8,13H2;1,4-5H,2-3,6-9H2;2H2,1H3;1H4. The molecule has 83 heavy (non-hydrogen) atoms. The van der Waals surface area contributed by atoms with Crippen molar-refractivity contribution in [2.24, 2.45) is 7.05 Å². The molecule has 0 spiro atoms. The Hall–Kier alpha value is -6.99. The number of carbonyl (C=O) groups excluding carboxylic acids is 2. The Labute approximate surface area is 476 Å². The van der Waals surface area contributed by atoms with Crippen molar-refractivity contribution in [3.05, 3.63) is 131 Å². The summed E-state index contributed by atoms with van der Waals surface area (Å²) in [4.78, 5) is 56.0. The Kier molecular flexibility index (Phi) is 17.7. The highest BCUT2D eigenvalue weighted by atomic mass is 19.4. The van der Waals surface area contributed by atoms with E-state index >= 15 is 0 Å². The fraction of sp³-hybridized carbons (Fsp3) is 0.492. The number of nitrogens with zero attached hydrogens (tertiary/aromatic N) is 5. The van der Waals surface area contributed by atoms with Gasteiger partial charge in [-0.25, -0.2) is 0 Å². The van der Waals surface area contributed by atoms with Crippen molar-refractivity contribution in [1.82, 2.24) is 9.55 Å². The number of aromatic amines is 1. The van der Waals surface area contributed by atoms with Gasteiger partial charge in [0.05, 0.1) is 28.6 Å². The Morgan fingerprint density at radius 1 is 0.518 bits per heavy atom. The van der Waals surface area contributed by atoms with E-state index in [0.717, 1.165) is 123 Å². The Morgan fingerprint density at radius 3 is 1.41 bits per heavy atom. The van der Waals surface area contributed by atoms with Gasteiger partial charge in [-0.05, 0) is 167 Å². The number of rotatable bonds is 2. The minimum Gasteiger partial charge on any atom is -0.398 e. The van der Waals surface area contributed by atoms with Gasteiger partial charge in [-0.1, -0.05) is 31.7 Å². The second kappa shape index (κ2) is 24.3. The largest absolute Gasteiger partial charge is 0.450 e. The molecule has 14 rings (SSSR count). The van der Waals surface area contributed by atoms with Gasteiger partial charge in [-0.15, -0.1) is 0 Å². The van der Waals surface area contributed by atoms with Gasteiger partial charge in [0.25, 0.3) is 5.56 Å². The SMILES string of the molecule is C.CC(=O)CC(=O)C(F)(F)F.Cn1c(=O)cc(C(F)(F)F)c2cc3c4c(c21)CCCN4CCC3.Nc1ccc2c3c1CCCN3CCC2.O=c1cc(C(F)(F)F)c2cc3c4c(c2[nH]1)CCCN4CCC3.c1cc2c3c(c1)CCCN3CCC2. The highest BCUT2D eigenvalue weighted by molar-refractivity contribution is 6.00. The van der Waals surface area contributed by atoms with E-state index in [9.17, 15) is 58.7 Å². The van der Waals surface area contributed by atoms with Crippen molar-refractivity contribution in [3.63, 3.8) is 0 Å². The number of carbonyl (C=O) groups is 2. The summed E-state index contributed by atoms with van der Waals surface area (Å²) >= 11 is 0. The van der Waals surface area contributed by atoms with E-state index in [-0.39, 0.29) is 18.2 Å².